The molecule has 1 unspecified atom stereocenters. The third-order valence-electron chi connectivity index (χ3n) is 5.18. The molecule has 0 aromatic heterocycles. The van der Waals surface area contributed by atoms with E-state index in [1.807, 2.05) is 44.2 Å². The van der Waals surface area contributed by atoms with E-state index in [0.717, 1.165) is 22.3 Å². The van der Waals surface area contributed by atoms with Gasteiger partial charge < -0.3 is 20.0 Å². The molecule has 8 heteroatoms. The number of nitrogens with one attached hydrogen (secondary N) is 1. The Kier molecular flexibility index (Phi) is 6.71. The molecule has 2 aromatic carbocycles. The molecule has 2 aromatic rings. The minimum atomic E-state index is -2.05. The van der Waals surface area contributed by atoms with Gasteiger partial charge in [-0.05, 0) is 42.7 Å². The first kappa shape index (κ1) is 21.8. The first-order valence-corrected chi connectivity index (χ1v) is 9.71. The summed E-state index contributed by atoms with van der Waals surface area (Å²) in [5.74, 6) is -0.828. The van der Waals surface area contributed by atoms with Crippen LogP contribution in [0.2, 0.25) is 0 Å². The standard InChI is InChI=1S/C22H25BN2O5/c1-4-21(26)25-18-8-6-5-7-17(18)12-19(25)22(27)24-20(30-23(28)29)13-16-10-9-14(2)11-15(16)3/h4-11,19-20,28-29H,1,12-13H2,2-3H3,(H,24,27)/t19?,20-/m1/s1. The van der Waals surface area contributed by atoms with Gasteiger partial charge in [-0.15, -0.1) is 0 Å². The Morgan fingerprint density at radius 2 is 2.03 bits per heavy atom. The number of rotatable bonds is 7. The van der Waals surface area contributed by atoms with E-state index in [1.54, 1.807) is 12.1 Å². The lowest BCUT2D eigenvalue weighted by Crippen LogP contribution is -2.52. The molecule has 0 radical (unpaired) electrons. The Hall–Kier alpha value is -2.94. The highest BCUT2D eigenvalue weighted by Crippen LogP contribution is 2.32. The molecular formula is C22H25BN2O5. The van der Waals surface area contributed by atoms with Crippen LogP contribution in [0.25, 0.3) is 0 Å². The van der Waals surface area contributed by atoms with Crippen molar-refractivity contribution >= 4 is 24.8 Å². The number of amides is 2. The van der Waals surface area contributed by atoms with Crippen molar-refractivity contribution in [2.75, 3.05) is 4.90 Å². The highest BCUT2D eigenvalue weighted by atomic mass is 16.6. The zero-order chi connectivity index (χ0) is 21.8. The SMILES string of the molecule is C=CC(=O)N1c2ccccc2CC1C(=O)N[C@@H](Cc1ccc(C)cc1C)OB(O)O. The van der Waals surface area contributed by atoms with Gasteiger partial charge in [0.1, 0.15) is 12.3 Å². The minimum absolute atomic E-state index is 0.241. The average Bonchev–Trinajstić information content (AvgIpc) is 3.08. The van der Waals surface area contributed by atoms with Crippen molar-refractivity contribution in [1.29, 1.82) is 0 Å². The van der Waals surface area contributed by atoms with Gasteiger partial charge in [0, 0.05) is 18.5 Å². The zero-order valence-corrected chi connectivity index (χ0v) is 17.0. The summed E-state index contributed by atoms with van der Waals surface area (Å²) in [5.41, 5.74) is 4.54. The quantitative estimate of drug-likeness (QED) is 0.366. The van der Waals surface area contributed by atoms with Gasteiger partial charge in [-0.1, -0.05) is 48.5 Å². The molecule has 1 aliphatic rings. The molecule has 0 saturated heterocycles. The normalized spacial score (nSPS) is 16.0. The molecule has 7 nitrogen and oxygen atoms in total. The van der Waals surface area contributed by atoms with Crippen LogP contribution in [0.5, 0.6) is 0 Å². The molecule has 0 fully saturated rings. The molecule has 0 spiro atoms. The maximum absolute atomic E-state index is 13.1. The van der Waals surface area contributed by atoms with Crippen LogP contribution < -0.4 is 10.2 Å². The molecule has 0 saturated carbocycles. The molecule has 30 heavy (non-hydrogen) atoms. The van der Waals surface area contributed by atoms with Crippen molar-refractivity contribution in [2.24, 2.45) is 0 Å². The first-order chi connectivity index (χ1) is 14.3. The molecule has 0 bridgehead atoms. The average molecular weight is 408 g/mol. The van der Waals surface area contributed by atoms with Crippen LogP contribution in [-0.2, 0) is 27.1 Å². The van der Waals surface area contributed by atoms with Crippen molar-refractivity contribution in [3.63, 3.8) is 0 Å². The number of hydrogen-bond acceptors (Lipinski definition) is 5. The third-order valence-corrected chi connectivity index (χ3v) is 5.18. The van der Waals surface area contributed by atoms with Gasteiger partial charge in [0.15, 0.2) is 0 Å². The van der Waals surface area contributed by atoms with Gasteiger partial charge in [-0.2, -0.15) is 0 Å². The molecule has 1 aliphatic heterocycles. The maximum atomic E-state index is 13.1. The van der Waals surface area contributed by atoms with Crippen LogP contribution in [-0.4, -0.2) is 41.5 Å². The topological polar surface area (TPSA) is 99.1 Å². The van der Waals surface area contributed by atoms with E-state index >= 15 is 0 Å². The number of hydrogen-bond donors (Lipinski definition) is 3. The molecule has 0 aliphatic carbocycles. The number of aryl methyl sites for hydroxylation is 2. The van der Waals surface area contributed by atoms with E-state index in [2.05, 4.69) is 11.9 Å². The number of fused-ring (bicyclic) bond motifs is 1. The second-order valence-electron chi connectivity index (χ2n) is 7.35. The predicted octanol–water partition coefficient (Wildman–Crippen LogP) is 1.42. The number of anilines is 1. The lowest BCUT2D eigenvalue weighted by Gasteiger charge is -2.27. The molecule has 3 rings (SSSR count). The Bertz CT molecular complexity index is 962. The summed E-state index contributed by atoms with van der Waals surface area (Å²) in [6, 6.07) is 12.4. The van der Waals surface area contributed by atoms with Crippen LogP contribution in [0.3, 0.4) is 0 Å². The van der Waals surface area contributed by atoms with Crippen LogP contribution >= 0.6 is 0 Å². The summed E-state index contributed by atoms with van der Waals surface area (Å²) < 4.78 is 5.12. The van der Waals surface area contributed by atoms with E-state index < -0.39 is 25.5 Å². The Balaban J connectivity index is 1.81. The van der Waals surface area contributed by atoms with E-state index in [4.69, 9.17) is 4.65 Å². The van der Waals surface area contributed by atoms with Crippen LogP contribution in [0.15, 0.2) is 55.1 Å². The van der Waals surface area contributed by atoms with Gasteiger partial charge in [-0.25, -0.2) is 0 Å². The number of nitrogens with zero attached hydrogens (tertiary/aromatic N) is 1. The van der Waals surface area contributed by atoms with Gasteiger partial charge in [-0.3, -0.25) is 14.5 Å². The van der Waals surface area contributed by atoms with Gasteiger partial charge in [0.05, 0.1) is 0 Å². The molecule has 1 heterocycles. The lowest BCUT2D eigenvalue weighted by atomic mass is 10.0. The summed E-state index contributed by atoms with van der Waals surface area (Å²) in [6.45, 7) is 7.45. The monoisotopic (exact) mass is 408 g/mol. The van der Waals surface area contributed by atoms with Crippen molar-refractivity contribution < 1.29 is 24.3 Å². The minimum Gasteiger partial charge on any atom is -0.402 e. The molecule has 3 N–H and O–H groups in total. The third kappa shape index (κ3) is 4.79. The number of benzene rings is 2. The van der Waals surface area contributed by atoms with Crippen LogP contribution in [0, 0.1) is 13.8 Å². The highest BCUT2D eigenvalue weighted by Gasteiger charge is 2.38. The summed E-state index contributed by atoms with van der Waals surface area (Å²) in [5, 5.41) is 21.3. The van der Waals surface area contributed by atoms with Crippen molar-refractivity contribution in [1.82, 2.24) is 5.32 Å². The smallest absolute Gasteiger partial charge is 0.402 e. The zero-order valence-electron chi connectivity index (χ0n) is 17.0. The summed E-state index contributed by atoms with van der Waals surface area (Å²) >= 11 is 0. The Labute approximate surface area is 176 Å². The fraction of sp³-hybridized carbons (Fsp3) is 0.273. The highest BCUT2D eigenvalue weighted by molar-refractivity contribution is 6.32. The Morgan fingerprint density at radius 1 is 1.30 bits per heavy atom. The number of para-hydroxylation sites is 1. The van der Waals surface area contributed by atoms with Crippen LogP contribution in [0.1, 0.15) is 22.3 Å². The van der Waals surface area contributed by atoms with E-state index in [0.29, 0.717) is 12.1 Å². The van der Waals surface area contributed by atoms with Gasteiger partial charge in [0.25, 0.3) is 5.91 Å². The van der Waals surface area contributed by atoms with Crippen molar-refractivity contribution in [3.8, 4) is 0 Å². The maximum Gasteiger partial charge on any atom is 0.635 e. The fourth-order valence-corrected chi connectivity index (χ4v) is 3.78. The second kappa shape index (κ2) is 9.25. The number of carbonyl (C=O) groups excluding carboxylic acids is 2. The summed E-state index contributed by atoms with van der Waals surface area (Å²) in [7, 11) is -2.05. The van der Waals surface area contributed by atoms with Gasteiger partial charge >= 0.3 is 7.32 Å². The van der Waals surface area contributed by atoms with E-state index in [-0.39, 0.29) is 12.3 Å². The van der Waals surface area contributed by atoms with E-state index in [9.17, 15) is 19.6 Å². The van der Waals surface area contributed by atoms with Crippen LogP contribution in [0.4, 0.5) is 5.69 Å². The van der Waals surface area contributed by atoms with Crippen molar-refractivity contribution in [2.45, 2.75) is 39.0 Å². The number of carbonyl (C=O) groups is 2. The largest absolute Gasteiger partial charge is 0.635 e. The first-order valence-electron chi connectivity index (χ1n) is 9.71. The molecule has 2 amide bonds. The summed E-state index contributed by atoms with van der Waals surface area (Å²) in [4.78, 5) is 26.9. The van der Waals surface area contributed by atoms with Crippen molar-refractivity contribution in [3.05, 3.63) is 77.4 Å². The van der Waals surface area contributed by atoms with E-state index in [1.165, 1.54) is 11.0 Å². The molecule has 2 atom stereocenters. The fourth-order valence-electron chi connectivity index (χ4n) is 3.78. The predicted molar refractivity (Wildman–Crippen MR) is 114 cm³/mol. The Morgan fingerprint density at radius 3 is 2.70 bits per heavy atom. The van der Waals surface area contributed by atoms with Gasteiger partial charge in [0.2, 0.25) is 5.91 Å². The second-order valence-corrected chi connectivity index (χ2v) is 7.35. The molecular weight excluding hydrogens is 383 g/mol. The summed E-state index contributed by atoms with van der Waals surface area (Å²) in [6.07, 6.45) is 0.774. The molecule has 156 valence electrons. The lowest BCUT2D eigenvalue weighted by molar-refractivity contribution is -0.127.